The summed E-state index contributed by atoms with van der Waals surface area (Å²) >= 11 is 0. The van der Waals surface area contributed by atoms with Crippen molar-refractivity contribution < 1.29 is 13.7 Å². The van der Waals surface area contributed by atoms with E-state index in [4.69, 9.17) is 4.74 Å². The van der Waals surface area contributed by atoms with Gasteiger partial charge in [0.25, 0.3) is 0 Å². The lowest BCUT2D eigenvalue weighted by Gasteiger charge is -2.22. The minimum Gasteiger partial charge on any atom is -0.381 e. The monoisotopic (exact) mass is 349 g/mol. The van der Waals surface area contributed by atoms with E-state index in [9.17, 15) is 9.00 Å². The third kappa shape index (κ3) is 4.45. The minimum absolute atomic E-state index is 0.0450. The Hall–Kier alpha value is -1.20. The van der Waals surface area contributed by atoms with E-state index in [0.717, 1.165) is 24.8 Å². The first-order chi connectivity index (χ1) is 11.6. The van der Waals surface area contributed by atoms with E-state index in [0.29, 0.717) is 13.2 Å². The van der Waals surface area contributed by atoms with Gasteiger partial charge in [0.05, 0.1) is 6.04 Å². The average Bonchev–Trinajstić information content (AvgIpc) is 2.61. The Morgan fingerprint density at radius 3 is 2.71 bits per heavy atom. The fourth-order valence-electron chi connectivity index (χ4n) is 3.58. The maximum Gasteiger partial charge on any atom is 0.233 e. The molecule has 2 aliphatic rings. The Bertz CT molecular complexity index is 611. The zero-order valence-electron chi connectivity index (χ0n) is 14.4. The van der Waals surface area contributed by atoms with Crippen molar-refractivity contribution in [1.82, 2.24) is 5.32 Å². The van der Waals surface area contributed by atoms with E-state index in [-0.39, 0.29) is 23.0 Å². The molecule has 4 nitrogen and oxygen atoms in total. The van der Waals surface area contributed by atoms with E-state index in [1.54, 1.807) is 0 Å². The van der Waals surface area contributed by atoms with Crippen molar-refractivity contribution in [2.24, 2.45) is 0 Å². The molecule has 1 aromatic rings. The number of carbonyl (C=O) groups excluding carboxylic acids is 1. The molecule has 1 amide bonds. The molecule has 0 unspecified atom stereocenters. The number of benzene rings is 1. The molecule has 0 saturated carbocycles. The molecular formula is C19H27NO3S. The van der Waals surface area contributed by atoms with Gasteiger partial charge in [-0.1, -0.05) is 18.2 Å². The van der Waals surface area contributed by atoms with Crippen LogP contribution in [0.15, 0.2) is 18.2 Å². The minimum atomic E-state index is -1.10. The van der Waals surface area contributed by atoms with Crippen LogP contribution in [0.25, 0.3) is 0 Å². The molecule has 1 N–H and O–H groups in total. The summed E-state index contributed by atoms with van der Waals surface area (Å²) < 4.78 is 17.6. The van der Waals surface area contributed by atoms with Crippen molar-refractivity contribution in [1.29, 1.82) is 0 Å². The highest BCUT2D eigenvalue weighted by atomic mass is 32.2. The van der Waals surface area contributed by atoms with Crippen molar-refractivity contribution in [3.63, 3.8) is 0 Å². The lowest BCUT2D eigenvalue weighted by Crippen LogP contribution is -2.35. The fraction of sp³-hybridized carbons (Fsp3) is 0.632. The van der Waals surface area contributed by atoms with Gasteiger partial charge in [-0.2, -0.15) is 0 Å². The van der Waals surface area contributed by atoms with Crippen molar-refractivity contribution in [3.05, 3.63) is 34.9 Å². The third-order valence-electron chi connectivity index (χ3n) is 5.06. The first-order valence-corrected chi connectivity index (χ1v) is 10.4. The predicted molar refractivity (Wildman–Crippen MR) is 96.5 cm³/mol. The van der Waals surface area contributed by atoms with Crippen LogP contribution in [0.1, 0.15) is 55.3 Å². The summed E-state index contributed by atoms with van der Waals surface area (Å²) in [5.41, 5.74) is 4.01. The highest BCUT2D eigenvalue weighted by Crippen LogP contribution is 2.24. The Balaban J connectivity index is 1.54. The van der Waals surface area contributed by atoms with Crippen molar-refractivity contribution >= 4 is 16.7 Å². The molecule has 1 aromatic carbocycles. The van der Waals surface area contributed by atoms with Gasteiger partial charge in [0, 0.05) is 29.3 Å². The van der Waals surface area contributed by atoms with Gasteiger partial charge < -0.3 is 10.1 Å². The molecule has 1 aliphatic heterocycles. The molecule has 0 spiro atoms. The summed E-state index contributed by atoms with van der Waals surface area (Å²) in [6.07, 6.45) is 6.41. The van der Waals surface area contributed by atoms with Crippen LogP contribution in [0.4, 0.5) is 0 Å². The molecule has 0 aromatic heterocycles. The second-order valence-electron chi connectivity index (χ2n) is 6.86. The molecular weight excluding hydrogens is 322 g/mol. The lowest BCUT2D eigenvalue weighted by atomic mass is 9.89. The molecule has 2 atom stereocenters. The second kappa shape index (κ2) is 8.26. The number of ether oxygens (including phenoxy) is 1. The molecule has 24 heavy (non-hydrogen) atoms. The number of nitrogens with one attached hydrogen (secondary N) is 1. The number of carbonyl (C=O) groups is 1. The summed E-state index contributed by atoms with van der Waals surface area (Å²) in [6, 6.07) is 6.50. The number of hydrogen-bond acceptors (Lipinski definition) is 3. The van der Waals surface area contributed by atoms with Gasteiger partial charge in [0.1, 0.15) is 5.75 Å². The van der Waals surface area contributed by atoms with Gasteiger partial charge in [-0.25, -0.2) is 0 Å². The topological polar surface area (TPSA) is 55.4 Å². The van der Waals surface area contributed by atoms with Gasteiger partial charge in [0.2, 0.25) is 5.91 Å². The number of fused-ring (bicyclic) bond motifs is 1. The molecule has 0 bridgehead atoms. The van der Waals surface area contributed by atoms with E-state index in [2.05, 4.69) is 23.5 Å². The highest BCUT2D eigenvalue weighted by molar-refractivity contribution is 7.86. The van der Waals surface area contributed by atoms with E-state index in [1.165, 1.54) is 30.4 Å². The normalized spacial score (nSPS) is 20.9. The van der Waals surface area contributed by atoms with Crippen LogP contribution in [-0.2, 0) is 33.2 Å². The van der Waals surface area contributed by atoms with Crippen molar-refractivity contribution in [3.8, 4) is 0 Å². The molecule has 0 radical (unpaired) electrons. The standard InChI is InChI=1S/C19H27NO3S/c1-14(16-7-6-15-4-2-3-5-17(15)12-16)20-19(21)13-24(22)18-8-10-23-11-9-18/h6-7,12,14,18H,2-5,8-11,13H2,1H3,(H,20,21)/t14-,24+/m1/s1. The van der Waals surface area contributed by atoms with E-state index >= 15 is 0 Å². The number of rotatable bonds is 5. The molecule has 1 saturated heterocycles. The fourth-order valence-corrected chi connectivity index (χ4v) is 4.87. The van der Waals surface area contributed by atoms with Gasteiger partial charge in [-0.05, 0) is 62.1 Å². The van der Waals surface area contributed by atoms with E-state index < -0.39 is 10.8 Å². The number of aryl methyl sites for hydroxylation is 2. The SMILES string of the molecule is C[C@@H](NC(=O)C[S@](=O)C1CCOCC1)c1ccc2c(c1)CCCC2. The summed E-state index contributed by atoms with van der Waals surface area (Å²) in [7, 11) is -1.10. The van der Waals surface area contributed by atoms with Crippen LogP contribution in [0.2, 0.25) is 0 Å². The Morgan fingerprint density at radius 2 is 1.96 bits per heavy atom. The summed E-state index contributed by atoms with van der Waals surface area (Å²) in [4.78, 5) is 12.2. The Kier molecular flexibility index (Phi) is 6.06. The van der Waals surface area contributed by atoms with Gasteiger partial charge in [-0.15, -0.1) is 0 Å². The van der Waals surface area contributed by atoms with Crippen LogP contribution in [0, 0.1) is 0 Å². The van der Waals surface area contributed by atoms with Crippen LogP contribution in [0.5, 0.6) is 0 Å². The Morgan fingerprint density at radius 1 is 1.25 bits per heavy atom. The molecule has 132 valence electrons. The van der Waals surface area contributed by atoms with Crippen LogP contribution < -0.4 is 5.32 Å². The number of amides is 1. The molecule has 1 aliphatic carbocycles. The average molecular weight is 349 g/mol. The summed E-state index contributed by atoms with van der Waals surface area (Å²) in [6.45, 7) is 3.31. The summed E-state index contributed by atoms with van der Waals surface area (Å²) in [5.74, 6) is -0.0232. The predicted octanol–water partition coefficient (Wildman–Crippen LogP) is 2.67. The van der Waals surface area contributed by atoms with Gasteiger partial charge in [-0.3, -0.25) is 9.00 Å². The van der Waals surface area contributed by atoms with Gasteiger partial charge >= 0.3 is 0 Å². The quantitative estimate of drug-likeness (QED) is 0.889. The number of hydrogen-bond donors (Lipinski definition) is 1. The zero-order valence-corrected chi connectivity index (χ0v) is 15.2. The van der Waals surface area contributed by atoms with Crippen molar-refractivity contribution in [2.45, 2.75) is 56.7 Å². The van der Waals surface area contributed by atoms with Crippen LogP contribution in [0.3, 0.4) is 0 Å². The molecule has 5 heteroatoms. The first kappa shape index (κ1) is 17.6. The molecule has 1 fully saturated rings. The lowest BCUT2D eigenvalue weighted by molar-refractivity contribution is -0.119. The Labute approximate surface area is 146 Å². The molecule has 3 rings (SSSR count). The van der Waals surface area contributed by atoms with Crippen LogP contribution >= 0.6 is 0 Å². The van der Waals surface area contributed by atoms with Gasteiger partial charge in [0.15, 0.2) is 0 Å². The van der Waals surface area contributed by atoms with E-state index in [1.807, 2.05) is 6.92 Å². The largest absolute Gasteiger partial charge is 0.381 e. The van der Waals surface area contributed by atoms with Crippen LogP contribution in [-0.4, -0.2) is 34.3 Å². The molecule has 1 heterocycles. The maximum absolute atomic E-state index is 12.3. The third-order valence-corrected chi connectivity index (χ3v) is 6.83. The maximum atomic E-state index is 12.3. The second-order valence-corrected chi connectivity index (χ2v) is 8.58. The first-order valence-electron chi connectivity index (χ1n) is 8.99. The zero-order chi connectivity index (χ0) is 16.9. The summed E-state index contributed by atoms with van der Waals surface area (Å²) in [5, 5.41) is 3.11. The smallest absolute Gasteiger partial charge is 0.233 e. The highest BCUT2D eigenvalue weighted by Gasteiger charge is 2.23. The van der Waals surface area contributed by atoms with Crippen molar-refractivity contribution in [2.75, 3.05) is 19.0 Å².